The third kappa shape index (κ3) is 5.91. The van der Waals surface area contributed by atoms with Gasteiger partial charge in [0.25, 0.3) is 0 Å². The predicted molar refractivity (Wildman–Crippen MR) is 109 cm³/mol. The zero-order valence-electron chi connectivity index (χ0n) is 16.7. The van der Waals surface area contributed by atoms with E-state index in [1.807, 2.05) is 0 Å². The van der Waals surface area contributed by atoms with Crippen LogP contribution in [0.25, 0.3) is 11.1 Å². The number of halogens is 6. The molecule has 5 nitrogen and oxygen atoms in total. The van der Waals surface area contributed by atoms with Gasteiger partial charge in [-0.25, -0.2) is 13.1 Å². The van der Waals surface area contributed by atoms with Crippen LogP contribution in [-0.2, 0) is 28.9 Å². The maximum absolute atomic E-state index is 13.4. The SMILES string of the molecule is CC(O)c1cc(CNS(=O)(=O)c2ccc(-c3ccc(C(F)(F)F)cc3C(F)(F)F)cc2)sn1. The summed E-state index contributed by atoms with van der Waals surface area (Å²) in [6.45, 7) is 1.39. The van der Waals surface area contributed by atoms with Gasteiger partial charge in [0.1, 0.15) is 0 Å². The number of aliphatic hydroxyl groups is 1. The summed E-state index contributed by atoms with van der Waals surface area (Å²) in [5.74, 6) is 0. The molecule has 0 saturated heterocycles. The van der Waals surface area contributed by atoms with Crippen molar-refractivity contribution in [3.8, 4) is 11.1 Å². The van der Waals surface area contributed by atoms with E-state index >= 15 is 0 Å². The smallest absolute Gasteiger partial charge is 0.387 e. The number of benzene rings is 2. The molecule has 0 amide bonds. The van der Waals surface area contributed by atoms with Crippen LogP contribution in [0.15, 0.2) is 53.4 Å². The molecular weight excluding hydrogens is 494 g/mol. The van der Waals surface area contributed by atoms with Crippen LogP contribution in [0.4, 0.5) is 26.3 Å². The first-order valence-electron chi connectivity index (χ1n) is 9.20. The van der Waals surface area contributed by atoms with Crippen molar-refractivity contribution in [1.82, 2.24) is 9.10 Å². The maximum Gasteiger partial charge on any atom is 0.417 e. The van der Waals surface area contributed by atoms with Crippen molar-refractivity contribution in [2.75, 3.05) is 0 Å². The highest BCUT2D eigenvalue weighted by Crippen LogP contribution is 2.41. The van der Waals surface area contributed by atoms with Crippen molar-refractivity contribution in [3.05, 3.63) is 70.2 Å². The van der Waals surface area contributed by atoms with Gasteiger partial charge in [-0.2, -0.15) is 30.7 Å². The lowest BCUT2D eigenvalue weighted by molar-refractivity contribution is -0.142. The Labute approximate surface area is 188 Å². The van der Waals surface area contributed by atoms with Crippen molar-refractivity contribution in [1.29, 1.82) is 0 Å². The van der Waals surface area contributed by atoms with Crippen molar-refractivity contribution in [2.45, 2.75) is 36.8 Å². The van der Waals surface area contributed by atoms with Gasteiger partial charge in [0.2, 0.25) is 10.0 Å². The van der Waals surface area contributed by atoms with E-state index < -0.39 is 45.2 Å². The maximum atomic E-state index is 13.4. The monoisotopic (exact) mass is 510 g/mol. The first-order valence-corrected chi connectivity index (χ1v) is 11.5. The Morgan fingerprint density at radius 1 is 1.00 bits per heavy atom. The summed E-state index contributed by atoms with van der Waals surface area (Å²) in [6.07, 6.45) is -10.8. The van der Waals surface area contributed by atoms with Crippen LogP contribution >= 0.6 is 11.5 Å². The van der Waals surface area contributed by atoms with Crippen LogP contribution in [0, 0.1) is 0 Å². The van der Waals surface area contributed by atoms with E-state index in [1.165, 1.54) is 13.0 Å². The summed E-state index contributed by atoms with van der Waals surface area (Å²) in [5.41, 5.74) is -3.15. The zero-order chi connectivity index (χ0) is 24.6. The fourth-order valence-electron chi connectivity index (χ4n) is 2.88. The number of aromatic nitrogens is 1. The molecule has 1 heterocycles. The molecule has 1 atom stereocenters. The fourth-order valence-corrected chi connectivity index (χ4v) is 4.72. The van der Waals surface area contributed by atoms with Gasteiger partial charge < -0.3 is 5.11 Å². The van der Waals surface area contributed by atoms with Crippen LogP contribution in [-0.4, -0.2) is 17.9 Å². The molecule has 0 radical (unpaired) electrons. The largest absolute Gasteiger partial charge is 0.417 e. The van der Waals surface area contributed by atoms with Crippen LogP contribution in [0.2, 0.25) is 0 Å². The number of alkyl halides is 6. The minimum Gasteiger partial charge on any atom is -0.387 e. The lowest BCUT2D eigenvalue weighted by atomic mass is 9.97. The quantitative estimate of drug-likeness (QED) is 0.437. The van der Waals surface area contributed by atoms with Gasteiger partial charge in [0.15, 0.2) is 0 Å². The Kier molecular flexibility index (Phi) is 6.89. The summed E-state index contributed by atoms with van der Waals surface area (Å²) in [5, 5.41) is 9.47. The highest BCUT2D eigenvalue weighted by molar-refractivity contribution is 7.89. The Balaban J connectivity index is 1.86. The third-order valence-electron chi connectivity index (χ3n) is 4.57. The molecule has 3 rings (SSSR count). The number of sulfonamides is 1. The lowest BCUT2D eigenvalue weighted by Crippen LogP contribution is -2.22. The van der Waals surface area contributed by atoms with Gasteiger partial charge in [0, 0.05) is 11.4 Å². The molecule has 0 saturated carbocycles. The second-order valence-corrected chi connectivity index (χ2v) is 9.66. The Hall–Kier alpha value is -2.48. The standard InChI is InChI=1S/C20H16F6N2O3S2/c1-11(29)18-9-14(32-28-18)10-27-33(30,31)15-5-2-12(3-6-15)16-7-4-13(19(21,22)23)8-17(16)20(24,25)26/h2-9,11,27,29H,10H2,1H3. The molecule has 178 valence electrons. The average Bonchev–Trinajstić information content (AvgIpc) is 3.20. The molecule has 13 heteroatoms. The predicted octanol–water partition coefficient (Wildman–Crippen LogP) is 5.38. The van der Waals surface area contributed by atoms with E-state index in [0.717, 1.165) is 35.8 Å². The highest BCUT2D eigenvalue weighted by atomic mass is 32.2. The van der Waals surface area contributed by atoms with Crippen molar-refractivity contribution >= 4 is 21.6 Å². The van der Waals surface area contributed by atoms with Gasteiger partial charge in [-0.3, -0.25) is 0 Å². The molecule has 2 aromatic carbocycles. The van der Waals surface area contributed by atoms with E-state index in [1.54, 1.807) is 0 Å². The van der Waals surface area contributed by atoms with E-state index in [-0.39, 0.29) is 23.1 Å². The van der Waals surface area contributed by atoms with Gasteiger partial charge in [-0.05, 0) is 59.9 Å². The zero-order valence-corrected chi connectivity index (χ0v) is 18.3. The second kappa shape index (κ2) is 9.05. The summed E-state index contributed by atoms with van der Waals surface area (Å²) < 4.78 is 110. The third-order valence-corrected chi connectivity index (χ3v) is 6.79. The van der Waals surface area contributed by atoms with E-state index in [9.17, 15) is 39.9 Å². The molecule has 0 aliphatic rings. The summed E-state index contributed by atoms with van der Waals surface area (Å²) in [7, 11) is -4.04. The van der Waals surface area contributed by atoms with Crippen molar-refractivity contribution in [2.24, 2.45) is 0 Å². The number of rotatable bonds is 6. The molecule has 33 heavy (non-hydrogen) atoms. The topological polar surface area (TPSA) is 79.3 Å². The number of nitrogens with zero attached hydrogens (tertiary/aromatic N) is 1. The summed E-state index contributed by atoms with van der Waals surface area (Å²) >= 11 is 0.997. The minimum atomic E-state index is -5.05. The fraction of sp³-hybridized carbons (Fsp3) is 0.250. The second-order valence-electron chi connectivity index (χ2n) is 7.00. The molecule has 0 bridgehead atoms. The number of nitrogens with one attached hydrogen (secondary N) is 1. The molecule has 0 aliphatic heterocycles. The molecule has 2 N–H and O–H groups in total. The molecule has 3 aromatic rings. The van der Waals surface area contributed by atoms with Crippen LogP contribution in [0.5, 0.6) is 0 Å². The normalized spacial score (nSPS) is 13.8. The van der Waals surface area contributed by atoms with Gasteiger partial charge >= 0.3 is 12.4 Å². The molecule has 0 fully saturated rings. The molecule has 1 aromatic heterocycles. The highest BCUT2D eigenvalue weighted by Gasteiger charge is 2.38. The first-order chi connectivity index (χ1) is 15.2. The average molecular weight is 510 g/mol. The van der Waals surface area contributed by atoms with Crippen molar-refractivity contribution < 1.29 is 39.9 Å². The van der Waals surface area contributed by atoms with Crippen LogP contribution in [0.3, 0.4) is 0 Å². The van der Waals surface area contributed by atoms with Gasteiger partial charge in [-0.1, -0.05) is 18.2 Å². The Bertz CT molecular complexity index is 1230. The van der Waals surface area contributed by atoms with E-state index in [0.29, 0.717) is 22.7 Å². The van der Waals surface area contributed by atoms with E-state index in [2.05, 4.69) is 9.10 Å². The summed E-state index contributed by atoms with van der Waals surface area (Å²) in [6, 6.07) is 7.09. The first kappa shape index (κ1) is 25.1. The Morgan fingerprint density at radius 2 is 1.64 bits per heavy atom. The Morgan fingerprint density at radius 3 is 2.15 bits per heavy atom. The van der Waals surface area contributed by atoms with E-state index in [4.69, 9.17) is 0 Å². The van der Waals surface area contributed by atoms with Crippen molar-refractivity contribution in [3.63, 3.8) is 0 Å². The molecule has 1 unspecified atom stereocenters. The van der Waals surface area contributed by atoms with Gasteiger partial charge in [-0.15, -0.1) is 0 Å². The minimum absolute atomic E-state index is 0.0259. The van der Waals surface area contributed by atoms with Gasteiger partial charge in [0.05, 0.1) is 27.8 Å². The molecular formula is C20H16F6N2O3S2. The molecule has 0 aliphatic carbocycles. The summed E-state index contributed by atoms with van der Waals surface area (Å²) in [4.78, 5) is 0.289. The van der Waals surface area contributed by atoms with Crippen LogP contribution < -0.4 is 4.72 Å². The number of aliphatic hydroxyl groups excluding tert-OH is 1. The van der Waals surface area contributed by atoms with Crippen LogP contribution in [0.1, 0.15) is 34.7 Å². The number of hydrogen-bond acceptors (Lipinski definition) is 5. The number of hydrogen-bond donors (Lipinski definition) is 2. The lowest BCUT2D eigenvalue weighted by Gasteiger charge is -2.16. The molecule has 0 spiro atoms.